The highest BCUT2D eigenvalue weighted by atomic mass is 32.1. The van der Waals surface area contributed by atoms with Gasteiger partial charge in [0.05, 0.1) is 10.7 Å². The van der Waals surface area contributed by atoms with E-state index in [1.807, 2.05) is 67.6 Å². The number of thiazole rings is 1. The molecule has 6 heteroatoms. The van der Waals surface area contributed by atoms with Crippen LogP contribution in [0.1, 0.15) is 31.5 Å². The molecule has 0 aliphatic rings. The van der Waals surface area contributed by atoms with Crippen LogP contribution in [0.2, 0.25) is 0 Å². The second-order valence-electron chi connectivity index (χ2n) is 6.76. The Kier molecular flexibility index (Phi) is 7.14. The molecule has 0 saturated heterocycles. The van der Waals surface area contributed by atoms with Gasteiger partial charge in [-0.25, -0.2) is 9.78 Å². The first kappa shape index (κ1) is 20.7. The number of amides is 1. The van der Waals surface area contributed by atoms with Gasteiger partial charge >= 0.3 is 5.97 Å². The van der Waals surface area contributed by atoms with E-state index in [-0.39, 0.29) is 12.5 Å². The Morgan fingerprint density at radius 2 is 1.59 bits per heavy atom. The molecule has 1 heterocycles. The van der Waals surface area contributed by atoms with E-state index in [0.29, 0.717) is 23.7 Å². The van der Waals surface area contributed by atoms with Gasteiger partial charge in [0.2, 0.25) is 0 Å². The number of esters is 1. The zero-order valence-corrected chi connectivity index (χ0v) is 17.4. The van der Waals surface area contributed by atoms with Crippen LogP contribution in [-0.2, 0) is 22.5 Å². The maximum atomic E-state index is 12.8. The van der Waals surface area contributed by atoms with Crippen LogP contribution in [-0.4, -0.2) is 34.9 Å². The fraction of sp³-hybridized carbons (Fsp3) is 0.261. The summed E-state index contributed by atoms with van der Waals surface area (Å²) in [6.07, 6.45) is 0.737. The minimum absolute atomic E-state index is 0.211. The van der Waals surface area contributed by atoms with Crippen molar-refractivity contribution < 1.29 is 14.3 Å². The van der Waals surface area contributed by atoms with Crippen molar-refractivity contribution in [2.24, 2.45) is 0 Å². The van der Waals surface area contributed by atoms with E-state index in [2.05, 4.69) is 4.98 Å². The second kappa shape index (κ2) is 9.98. The molecule has 1 aromatic heterocycles. The van der Waals surface area contributed by atoms with Crippen molar-refractivity contribution in [3.05, 3.63) is 87.4 Å². The maximum absolute atomic E-state index is 12.8. The van der Waals surface area contributed by atoms with Crippen LogP contribution in [0.5, 0.6) is 0 Å². The largest absolute Gasteiger partial charge is 0.451 e. The molecular weight excluding hydrogens is 384 g/mol. The van der Waals surface area contributed by atoms with Gasteiger partial charge in [0.25, 0.3) is 5.91 Å². The van der Waals surface area contributed by atoms with Gasteiger partial charge in [0, 0.05) is 13.1 Å². The molecule has 0 aliphatic heterocycles. The van der Waals surface area contributed by atoms with Gasteiger partial charge in [-0.2, -0.15) is 0 Å². The molecule has 29 heavy (non-hydrogen) atoms. The van der Waals surface area contributed by atoms with Gasteiger partial charge in [0.1, 0.15) is 4.88 Å². The summed E-state index contributed by atoms with van der Waals surface area (Å²) in [5.41, 5.74) is 2.83. The van der Waals surface area contributed by atoms with Crippen LogP contribution >= 0.6 is 11.3 Å². The lowest BCUT2D eigenvalue weighted by Gasteiger charge is -2.23. The third-order valence-corrected chi connectivity index (χ3v) is 5.55. The zero-order chi connectivity index (χ0) is 20.6. The fourth-order valence-electron chi connectivity index (χ4n) is 3.01. The minimum Gasteiger partial charge on any atom is -0.451 e. The summed E-state index contributed by atoms with van der Waals surface area (Å²) in [6, 6.07) is 19.8. The van der Waals surface area contributed by atoms with Crippen LogP contribution in [0.4, 0.5) is 0 Å². The predicted octanol–water partition coefficient (Wildman–Crippen LogP) is 4.19. The fourth-order valence-corrected chi connectivity index (χ4v) is 3.82. The van der Waals surface area contributed by atoms with Crippen molar-refractivity contribution in [2.75, 3.05) is 13.2 Å². The van der Waals surface area contributed by atoms with Gasteiger partial charge in [-0.1, -0.05) is 60.7 Å². The third-order valence-electron chi connectivity index (χ3n) is 4.50. The molecular formula is C23H24N2O3S. The van der Waals surface area contributed by atoms with Crippen molar-refractivity contribution in [3.63, 3.8) is 0 Å². The molecule has 0 unspecified atom stereocenters. The average Bonchev–Trinajstić information content (AvgIpc) is 3.08. The van der Waals surface area contributed by atoms with E-state index in [1.165, 1.54) is 11.3 Å². The zero-order valence-electron chi connectivity index (χ0n) is 16.6. The second-order valence-corrected chi connectivity index (χ2v) is 7.96. The Balaban J connectivity index is 1.64. The van der Waals surface area contributed by atoms with Gasteiger partial charge in [-0.05, 0) is 31.4 Å². The SMILES string of the molecule is Cc1nc(C)c(C(=O)OCC(=O)N(CCc2ccccc2)Cc2ccccc2)s1. The Hall–Kier alpha value is -2.99. The topological polar surface area (TPSA) is 59.5 Å². The number of aromatic nitrogens is 1. The quantitative estimate of drug-likeness (QED) is 0.525. The maximum Gasteiger partial charge on any atom is 0.350 e. The molecule has 0 atom stereocenters. The molecule has 0 spiro atoms. The summed E-state index contributed by atoms with van der Waals surface area (Å²) in [7, 11) is 0. The lowest BCUT2D eigenvalue weighted by molar-refractivity contribution is -0.135. The first-order valence-corrected chi connectivity index (χ1v) is 10.3. The molecule has 3 rings (SSSR count). The summed E-state index contributed by atoms with van der Waals surface area (Å²) in [6.45, 7) is 4.35. The number of aryl methyl sites for hydroxylation is 2. The van der Waals surface area contributed by atoms with Crippen molar-refractivity contribution >= 4 is 23.2 Å². The highest BCUT2D eigenvalue weighted by molar-refractivity contribution is 7.13. The molecule has 2 aromatic carbocycles. The highest BCUT2D eigenvalue weighted by Crippen LogP contribution is 2.18. The Morgan fingerprint density at radius 1 is 0.966 bits per heavy atom. The van der Waals surface area contributed by atoms with Crippen molar-refractivity contribution in [1.29, 1.82) is 0 Å². The summed E-state index contributed by atoms with van der Waals surface area (Å²) in [4.78, 5) is 31.6. The minimum atomic E-state index is -0.496. The lowest BCUT2D eigenvalue weighted by atomic mass is 10.1. The molecule has 0 radical (unpaired) electrons. The van der Waals surface area contributed by atoms with E-state index >= 15 is 0 Å². The molecule has 3 aromatic rings. The van der Waals surface area contributed by atoms with Crippen molar-refractivity contribution in [3.8, 4) is 0 Å². The van der Waals surface area contributed by atoms with E-state index in [1.54, 1.807) is 11.8 Å². The van der Waals surface area contributed by atoms with Gasteiger partial charge < -0.3 is 9.64 Å². The van der Waals surface area contributed by atoms with E-state index in [9.17, 15) is 9.59 Å². The number of hydrogen-bond acceptors (Lipinski definition) is 5. The number of hydrogen-bond donors (Lipinski definition) is 0. The monoisotopic (exact) mass is 408 g/mol. The number of carbonyl (C=O) groups is 2. The van der Waals surface area contributed by atoms with Crippen LogP contribution in [0.15, 0.2) is 60.7 Å². The van der Waals surface area contributed by atoms with Gasteiger partial charge in [-0.3, -0.25) is 4.79 Å². The standard InChI is InChI=1S/C23H24N2O3S/c1-17-22(29-18(2)24-17)23(27)28-16-21(26)25(15-20-11-7-4-8-12-20)14-13-19-9-5-3-6-10-19/h3-12H,13-16H2,1-2H3. The summed E-state index contributed by atoms with van der Waals surface area (Å²) >= 11 is 1.28. The Labute approximate surface area is 175 Å². The molecule has 1 amide bonds. The highest BCUT2D eigenvalue weighted by Gasteiger charge is 2.20. The summed E-state index contributed by atoms with van der Waals surface area (Å²) < 4.78 is 5.30. The number of carbonyl (C=O) groups excluding carboxylic acids is 2. The molecule has 0 N–H and O–H groups in total. The normalized spacial score (nSPS) is 10.6. The molecule has 0 fully saturated rings. The lowest BCUT2D eigenvalue weighted by Crippen LogP contribution is -2.35. The first-order chi connectivity index (χ1) is 14.0. The smallest absolute Gasteiger partial charge is 0.350 e. The first-order valence-electron chi connectivity index (χ1n) is 9.49. The van der Waals surface area contributed by atoms with E-state index in [4.69, 9.17) is 4.74 Å². The van der Waals surface area contributed by atoms with Gasteiger partial charge in [0.15, 0.2) is 6.61 Å². The molecule has 150 valence electrons. The van der Waals surface area contributed by atoms with E-state index < -0.39 is 5.97 Å². The predicted molar refractivity (Wildman–Crippen MR) is 114 cm³/mol. The number of nitrogens with zero attached hydrogens (tertiary/aromatic N) is 2. The molecule has 0 saturated carbocycles. The Bertz CT molecular complexity index is 955. The Morgan fingerprint density at radius 3 is 2.17 bits per heavy atom. The summed E-state index contributed by atoms with van der Waals surface area (Å²) in [5.74, 6) is -0.707. The third kappa shape index (κ3) is 5.99. The average molecular weight is 409 g/mol. The van der Waals surface area contributed by atoms with Crippen LogP contribution in [0, 0.1) is 13.8 Å². The number of rotatable bonds is 8. The van der Waals surface area contributed by atoms with Crippen LogP contribution in [0.25, 0.3) is 0 Å². The van der Waals surface area contributed by atoms with Crippen molar-refractivity contribution in [1.82, 2.24) is 9.88 Å². The number of benzene rings is 2. The summed E-state index contributed by atoms with van der Waals surface area (Å²) in [5, 5.41) is 0.800. The van der Waals surface area contributed by atoms with Gasteiger partial charge in [-0.15, -0.1) is 11.3 Å². The van der Waals surface area contributed by atoms with E-state index in [0.717, 1.165) is 22.6 Å². The van der Waals surface area contributed by atoms with Crippen LogP contribution < -0.4 is 0 Å². The molecule has 0 bridgehead atoms. The number of ether oxygens (including phenoxy) is 1. The van der Waals surface area contributed by atoms with Crippen LogP contribution in [0.3, 0.4) is 0 Å². The molecule has 5 nitrogen and oxygen atoms in total. The molecule has 0 aliphatic carbocycles. The van der Waals surface area contributed by atoms with Crippen molar-refractivity contribution in [2.45, 2.75) is 26.8 Å².